The van der Waals surface area contributed by atoms with Gasteiger partial charge < -0.3 is 35.6 Å². The number of nitrogens with one attached hydrogen (secondary N) is 3. The van der Waals surface area contributed by atoms with Gasteiger partial charge in [-0.05, 0) is 83.9 Å². The zero-order valence-electron chi connectivity index (χ0n) is 22.7. The van der Waals surface area contributed by atoms with Crippen LogP contribution in [0.3, 0.4) is 0 Å². The van der Waals surface area contributed by atoms with Gasteiger partial charge in [0.2, 0.25) is 5.91 Å². The number of para-hydroxylation sites is 1. The van der Waals surface area contributed by atoms with Gasteiger partial charge >= 0.3 is 0 Å². The van der Waals surface area contributed by atoms with E-state index in [1.54, 1.807) is 17.0 Å². The second-order valence-corrected chi connectivity index (χ2v) is 11.2. The number of likely N-dealkylation sites (N-methyl/N-ethyl adjacent to an activating group) is 1. The second-order valence-electron chi connectivity index (χ2n) is 11.2. The van der Waals surface area contributed by atoms with Gasteiger partial charge in [-0.15, -0.1) is 0 Å². The number of amides is 2. The van der Waals surface area contributed by atoms with Crippen molar-refractivity contribution < 1.29 is 19.4 Å². The van der Waals surface area contributed by atoms with Crippen molar-refractivity contribution in [3.8, 4) is 5.75 Å². The molecule has 0 unspecified atom stereocenters. The van der Waals surface area contributed by atoms with Crippen LogP contribution in [-0.4, -0.2) is 98.3 Å². The highest BCUT2D eigenvalue weighted by Crippen LogP contribution is 2.35. The van der Waals surface area contributed by atoms with Gasteiger partial charge in [-0.2, -0.15) is 0 Å². The van der Waals surface area contributed by atoms with Gasteiger partial charge in [0, 0.05) is 31.5 Å². The molecule has 1 aromatic carbocycles. The molecule has 4 rings (SSSR count). The molecule has 4 N–H and O–H groups in total. The lowest BCUT2D eigenvalue weighted by Gasteiger charge is -2.39. The van der Waals surface area contributed by atoms with Crippen molar-refractivity contribution in [3.63, 3.8) is 0 Å². The highest BCUT2D eigenvalue weighted by molar-refractivity contribution is 6.02. The average Bonchev–Trinajstić information content (AvgIpc) is 2.91. The molecule has 0 radical (unpaired) electrons. The van der Waals surface area contributed by atoms with Crippen LogP contribution in [0.2, 0.25) is 0 Å². The first-order valence-corrected chi connectivity index (χ1v) is 14.0. The number of fused-ring (bicyclic) bond motifs is 1. The van der Waals surface area contributed by atoms with E-state index in [0.29, 0.717) is 29.5 Å². The predicted molar refractivity (Wildman–Crippen MR) is 145 cm³/mol. The van der Waals surface area contributed by atoms with Crippen LogP contribution in [0.4, 0.5) is 5.69 Å². The number of hydrogen-bond donors (Lipinski definition) is 4. The van der Waals surface area contributed by atoms with E-state index in [9.17, 15) is 14.7 Å². The molecule has 3 aliphatic rings. The Morgan fingerprint density at radius 3 is 2.51 bits per heavy atom. The van der Waals surface area contributed by atoms with Crippen LogP contribution in [0.15, 0.2) is 18.2 Å². The van der Waals surface area contributed by atoms with Crippen LogP contribution in [0.1, 0.15) is 49.9 Å². The molecule has 2 fully saturated rings. The maximum atomic E-state index is 13.7. The Morgan fingerprint density at radius 2 is 1.84 bits per heavy atom. The summed E-state index contributed by atoms with van der Waals surface area (Å²) >= 11 is 0. The quantitative estimate of drug-likeness (QED) is 0.418. The van der Waals surface area contributed by atoms with E-state index in [2.05, 4.69) is 34.8 Å². The first-order chi connectivity index (χ1) is 17.9. The number of nitrogens with zero attached hydrogens (tertiary/aromatic N) is 2. The summed E-state index contributed by atoms with van der Waals surface area (Å²) in [4.78, 5) is 30.9. The highest BCUT2D eigenvalue weighted by Gasteiger charge is 2.35. The third-order valence-electron chi connectivity index (χ3n) is 8.18. The molecule has 2 amide bonds. The molecule has 2 saturated heterocycles. The van der Waals surface area contributed by atoms with E-state index in [4.69, 9.17) is 4.74 Å². The second kappa shape index (κ2) is 13.0. The first-order valence-electron chi connectivity index (χ1n) is 14.0. The number of piperidine rings is 2. The standard InChI is InChI=1S/C28H45N5O4/c1-19-15-33(20(2)18-34)28(36)23-5-4-6-24(31-27(35)22-9-13-30-14-10-22)26(23)37-25(19)17-32(3)16-21-7-11-29-12-8-21/h4-6,19-22,25,29-30,34H,7-18H2,1-3H3,(H,31,35)/t19-,20-,25+/m0/s1. The van der Waals surface area contributed by atoms with E-state index < -0.39 is 0 Å². The lowest BCUT2D eigenvalue weighted by Crippen LogP contribution is -2.50. The van der Waals surface area contributed by atoms with Gasteiger partial charge in [0.1, 0.15) is 6.10 Å². The summed E-state index contributed by atoms with van der Waals surface area (Å²) < 4.78 is 6.67. The monoisotopic (exact) mass is 515 g/mol. The van der Waals surface area contributed by atoms with E-state index >= 15 is 0 Å². The van der Waals surface area contributed by atoms with Crippen LogP contribution in [0.25, 0.3) is 0 Å². The van der Waals surface area contributed by atoms with Crippen molar-refractivity contribution in [1.82, 2.24) is 20.4 Å². The minimum absolute atomic E-state index is 0.0267. The maximum Gasteiger partial charge on any atom is 0.258 e. The molecule has 206 valence electrons. The van der Waals surface area contributed by atoms with Gasteiger partial charge in [-0.25, -0.2) is 0 Å². The number of rotatable bonds is 8. The smallest absolute Gasteiger partial charge is 0.258 e. The normalized spacial score (nSPS) is 24.7. The molecule has 3 aliphatic heterocycles. The highest BCUT2D eigenvalue weighted by atomic mass is 16.5. The Kier molecular flexibility index (Phi) is 9.81. The predicted octanol–water partition coefficient (Wildman–Crippen LogP) is 1.78. The summed E-state index contributed by atoms with van der Waals surface area (Å²) in [7, 11) is 2.14. The topological polar surface area (TPSA) is 106 Å². The molecule has 0 aliphatic carbocycles. The van der Waals surface area contributed by atoms with E-state index in [-0.39, 0.29) is 42.4 Å². The summed E-state index contributed by atoms with van der Waals surface area (Å²) in [5.74, 6) is 0.878. The van der Waals surface area contributed by atoms with Gasteiger partial charge in [-0.1, -0.05) is 13.0 Å². The molecule has 37 heavy (non-hydrogen) atoms. The molecular formula is C28H45N5O4. The van der Waals surface area contributed by atoms with Crippen LogP contribution in [0, 0.1) is 17.8 Å². The van der Waals surface area contributed by atoms with Crippen molar-refractivity contribution in [1.29, 1.82) is 0 Å². The average molecular weight is 516 g/mol. The lowest BCUT2D eigenvalue weighted by atomic mass is 9.96. The Balaban J connectivity index is 1.60. The largest absolute Gasteiger partial charge is 0.486 e. The minimum Gasteiger partial charge on any atom is -0.486 e. The first kappa shape index (κ1) is 27.8. The van der Waals surface area contributed by atoms with E-state index in [1.165, 1.54) is 12.8 Å². The number of hydrogen-bond acceptors (Lipinski definition) is 7. The van der Waals surface area contributed by atoms with Crippen molar-refractivity contribution in [2.45, 2.75) is 51.7 Å². The van der Waals surface area contributed by atoms with Crippen LogP contribution < -0.4 is 20.7 Å². The van der Waals surface area contributed by atoms with Gasteiger partial charge in [0.25, 0.3) is 5.91 Å². The number of carbonyl (C=O) groups excluding carboxylic acids is 2. The third-order valence-corrected chi connectivity index (χ3v) is 8.18. The number of benzene rings is 1. The summed E-state index contributed by atoms with van der Waals surface area (Å²) in [6, 6.07) is 5.07. The van der Waals surface area contributed by atoms with E-state index in [1.807, 2.05) is 13.0 Å². The van der Waals surface area contributed by atoms with Gasteiger partial charge in [0.15, 0.2) is 5.75 Å². The number of anilines is 1. The molecule has 0 bridgehead atoms. The van der Waals surface area contributed by atoms with Crippen LogP contribution in [-0.2, 0) is 4.79 Å². The molecule has 0 spiro atoms. The molecule has 3 heterocycles. The number of aliphatic hydroxyl groups excluding tert-OH is 1. The Labute approximate surface area is 221 Å². The summed E-state index contributed by atoms with van der Waals surface area (Å²) in [5.41, 5.74) is 0.979. The molecule has 9 heteroatoms. The number of aliphatic hydroxyl groups is 1. The molecule has 3 atom stereocenters. The minimum atomic E-state index is -0.318. The van der Waals surface area contributed by atoms with Crippen molar-refractivity contribution >= 4 is 17.5 Å². The van der Waals surface area contributed by atoms with Crippen molar-refractivity contribution in [3.05, 3.63) is 23.8 Å². The zero-order chi connectivity index (χ0) is 26.4. The number of ether oxygens (including phenoxy) is 1. The third kappa shape index (κ3) is 7.02. The molecular weight excluding hydrogens is 470 g/mol. The molecule has 1 aromatic rings. The molecule has 9 nitrogen and oxygen atoms in total. The molecule has 0 aromatic heterocycles. The fourth-order valence-corrected chi connectivity index (χ4v) is 5.77. The van der Waals surface area contributed by atoms with Crippen molar-refractivity contribution in [2.75, 3.05) is 64.8 Å². The number of carbonyl (C=O) groups is 2. The fraction of sp³-hybridized carbons (Fsp3) is 0.714. The summed E-state index contributed by atoms with van der Waals surface area (Å²) in [5, 5.41) is 19.7. The Hall–Kier alpha value is -2.20. The Morgan fingerprint density at radius 1 is 1.16 bits per heavy atom. The maximum absolute atomic E-state index is 13.7. The summed E-state index contributed by atoms with van der Waals surface area (Å²) in [6.07, 6.45) is 3.77. The van der Waals surface area contributed by atoms with Crippen LogP contribution in [0.5, 0.6) is 5.75 Å². The van der Waals surface area contributed by atoms with E-state index in [0.717, 1.165) is 52.1 Å². The fourth-order valence-electron chi connectivity index (χ4n) is 5.77. The van der Waals surface area contributed by atoms with Crippen LogP contribution >= 0.6 is 0 Å². The lowest BCUT2D eigenvalue weighted by molar-refractivity contribution is -0.120. The zero-order valence-corrected chi connectivity index (χ0v) is 22.7. The molecule has 0 saturated carbocycles. The van der Waals surface area contributed by atoms with Gasteiger partial charge in [-0.3, -0.25) is 9.59 Å². The van der Waals surface area contributed by atoms with Gasteiger partial charge in [0.05, 0.1) is 23.9 Å². The SMILES string of the molecule is C[C@H]1CN([C@@H](C)CO)C(=O)c2cccc(NC(=O)C3CCNCC3)c2O[C@@H]1CN(C)CC1CCNCC1. The Bertz CT molecular complexity index is 916. The summed E-state index contributed by atoms with van der Waals surface area (Å²) in [6.45, 7) is 9.88. The van der Waals surface area contributed by atoms with Crippen molar-refractivity contribution in [2.24, 2.45) is 17.8 Å².